The molecule has 2 aliphatic heterocycles. The van der Waals surface area contributed by atoms with Crippen molar-refractivity contribution in [1.29, 1.82) is 0 Å². The Labute approximate surface area is 139 Å². The third-order valence-corrected chi connectivity index (χ3v) is 4.48. The molecule has 0 bridgehead atoms. The average molecular weight is 329 g/mol. The van der Waals surface area contributed by atoms with Gasteiger partial charge in [-0.05, 0) is 25.7 Å². The molecule has 126 valence electrons. The number of nitrogens with zero attached hydrogens (tertiary/aromatic N) is 5. The molecule has 8 nitrogen and oxygen atoms in total. The number of likely N-dealkylation sites (tertiary alicyclic amines) is 1. The van der Waals surface area contributed by atoms with Gasteiger partial charge in [0.15, 0.2) is 17.2 Å². The van der Waals surface area contributed by atoms with Gasteiger partial charge in [0, 0.05) is 38.0 Å². The van der Waals surface area contributed by atoms with Gasteiger partial charge in [0.2, 0.25) is 0 Å². The molecule has 2 fully saturated rings. The Morgan fingerprint density at radius 3 is 2.79 bits per heavy atom. The van der Waals surface area contributed by atoms with E-state index in [1.54, 1.807) is 0 Å². The van der Waals surface area contributed by atoms with Crippen LogP contribution in [-0.2, 0) is 4.74 Å². The molecular formula is C16H19N5O3. The summed E-state index contributed by atoms with van der Waals surface area (Å²) in [5.74, 6) is 0.858. The molecule has 0 aliphatic carbocycles. The summed E-state index contributed by atoms with van der Waals surface area (Å²) < 4.78 is 10.7. The molecule has 2 saturated heterocycles. The number of carbonyl (C=O) groups excluding carboxylic acids is 1. The van der Waals surface area contributed by atoms with Crippen LogP contribution in [0.2, 0.25) is 0 Å². The molecule has 2 aromatic heterocycles. The van der Waals surface area contributed by atoms with Gasteiger partial charge in [0.25, 0.3) is 11.8 Å². The van der Waals surface area contributed by atoms with E-state index < -0.39 is 0 Å². The number of carbonyl (C=O) groups is 1. The molecule has 0 aromatic carbocycles. The maximum atomic E-state index is 12.8. The maximum absolute atomic E-state index is 12.8. The van der Waals surface area contributed by atoms with Crippen LogP contribution >= 0.6 is 0 Å². The van der Waals surface area contributed by atoms with E-state index in [9.17, 15) is 4.79 Å². The van der Waals surface area contributed by atoms with Crippen molar-refractivity contribution in [3.05, 3.63) is 23.9 Å². The van der Waals surface area contributed by atoms with Crippen molar-refractivity contribution in [2.75, 3.05) is 26.3 Å². The molecule has 4 heterocycles. The third kappa shape index (κ3) is 2.89. The summed E-state index contributed by atoms with van der Waals surface area (Å²) in [6.45, 7) is 2.81. The standard InChI is InChI=1S/C16H19N5O3/c22-16(21-7-2-1-3-8-21)13-12(17-5-6-18-13)15-19-14(20-24-15)11-4-9-23-10-11/h5-6,11H,1-4,7-10H2. The second-order valence-electron chi connectivity index (χ2n) is 6.12. The fourth-order valence-corrected chi connectivity index (χ4v) is 3.13. The van der Waals surface area contributed by atoms with Crippen molar-refractivity contribution in [3.63, 3.8) is 0 Å². The Hall–Kier alpha value is -2.35. The smallest absolute Gasteiger partial charge is 0.278 e. The van der Waals surface area contributed by atoms with Gasteiger partial charge in [-0.1, -0.05) is 5.16 Å². The molecule has 1 unspecified atom stereocenters. The van der Waals surface area contributed by atoms with Crippen molar-refractivity contribution >= 4 is 5.91 Å². The molecular weight excluding hydrogens is 310 g/mol. The molecule has 8 heteroatoms. The van der Waals surface area contributed by atoms with Crippen molar-refractivity contribution < 1.29 is 14.1 Å². The summed E-state index contributed by atoms with van der Waals surface area (Å²) in [6, 6.07) is 0. The zero-order chi connectivity index (χ0) is 16.4. The van der Waals surface area contributed by atoms with Gasteiger partial charge in [0.1, 0.15) is 0 Å². The molecule has 2 aliphatic rings. The second-order valence-corrected chi connectivity index (χ2v) is 6.12. The van der Waals surface area contributed by atoms with Gasteiger partial charge in [-0.2, -0.15) is 4.98 Å². The first kappa shape index (κ1) is 15.2. The number of hydrogen-bond donors (Lipinski definition) is 0. The Morgan fingerprint density at radius 1 is 1.17 bits per heavy atom. The van der Waals surface area contributed by atoms with E-state index in [0.717, 1.165) is 38.8 Å². The minimum Gasteiger partial charge on any atom is -0.381 e. The highest BCUT2D eigenvalue weighted by molar-refractivity contribution is 5.97. The number of ether oxygens (including phenoxy) is 1. The number of rotatable bonds is 3. The van der Waals surface area contributed by atoms with E-state index >= 15 is 0 Å². The van der Waals surface area contributed by atoms with Crippen LogP contribution in [0.4, 0.5) is 0 Å². The average Bonchev–Trinajstić information content (AvgIpc) is 3.33. The SMILES string of the molecule is O=C(c1nccnc1-c1nc(C2CCOC2)no1)N1CCCCC1. The maximum Gasteiger partial charge on any atom is 0.278 e. The summed E-state index contributed by atoms with van der Waals surface area (Å²) in [6.07, 6.45) is 7.13. The second kappa shape index (κ2) is 6.64. The van der Waals surface area contributed by atoms with Gasteiger partial charge in [-0.25, -0.2) is 9.97 Å². The Balaban J connectivity index is 1.62. The van der Waals surface area contributed by atoms with Crippen LogP contribution in [0.3, 0.4) is 0 Å². The van der Waals surface area contributed by atoms with Gasteiger partial charge >= 0.3 is 0 Å². The quantitative estimate of drug-likeness (QED) is 0.845. The summed E-state index contributed by atoms with van der Waals surface area (Å²) in [5, 5.41) is 4.03. The highest BCUT2D eigenvalue weighted by atomic mass is 16.5. The van der Waals surface area contributed by atoms with Crippen LogP contribution in [0, 0.1) is 0 Å². The van der Waals surface area contributed by atoms with Gasteiger partial charge in [-0.3, -0.25) is 4.79 Å². The van der Waals surface area contributed by atoms with Crippen LogP contribution < -0.4 is 0 Å². The topological polar surface area (TPSA) is 94.2 Å². The van der Waals surface area contributed by atoms with E-state index in [1.807, 2.05) is 4.90 Å². The van der Waals surface area contributed by atoms with Gasteiger partial charge in [-0.15, -0.1) is 0 Å². The van der Waals surface area contributed by atoms with Crippen LogP contribution in [-0.4, -0.2) is 57.2 Å². The van der Waals surface area contributed by atoms with E-state index in [2.05, 4.69) is 20.1 Å². The highest BCUT2D eigenvalue weighted by Gasteiger charge is 2.28. The lowest BCUT2D eigenvalue weighted by atomic mass is 10.1. The fourth-order valence-electron chi connectivity index (χ4n) is 3.13. The van der Waals surface area contributed by atoms with Crippen molar-refractivity contribution in [3.8, 4) is 11.6 Å². The first-order chi connectivity index (χ1) is 11.8. The van der Waals surface area contributed by atoms with Crippen molar-refractivity contribution in [1.82, 2.24) is 25.0 Å². The van der Waals surface area contributed by atoms with Crippen LogP contribution in [0.15, 0.2) is 16.9 Å². The zero-order valence-electron chi connectivity index (χ0n) is 13.3. The van der Waals surface area contributed by atoms with E-state index in [4.69, 9.17) is 9.26 Å². The minimum absolute atomic E-state index is 0.123. The molecule has 24 heavy (non-hydrogen) atoms. The molecule has 1 amide bonds. The van der Waals surface area contributed by atoms with Crippen LogP contribution in [0.5, 0.6) is 0 Å². The number of hydrogen-bond acceptors (Lipinski definition) is 7. The lowest BCUT2D eigenvalue weighted by molar-refractivity contribution is 0.0718. The monoisotopic (exact) mass is 329 g/mol. The normalized spacial score (nSPS) is 21.2. The van der Waals surface area contributed by atoms with E-state index in [-0.39, 0.29) is 23.4 Å². The predicted molar refractivity (Wildman–Crippen MR) is 83.3 cm³/mol. The summed E-state index contributed by atoms with van der Waals surface area (Å²) in [4.78, 5) is 27.5. The molecule has 1 atom stereocenters. The largest absolute Gasteiger partial charge is 0.381 e. The molecule has 0 radical (unpaired) electrons. The van der Waals surface area contributed by atoms with E-state index in [0.29, 0.717) is 24.7 Å². The van der Waals surface area contributed by atoms with Crippen LogP contribution in [0.1, 0.15) is 47.9 Å². The summed E-state index contributed by atoms with van der Waals surface area (Å²) in [7, 11) is 0. The summed E-state index contributed by atoms with van der Waals surface area (Å²) >= 11 is 0. The predicted octanol–water partition coefficient (Wildman–Crippen LogP) is 1.66. The fraction of sp³-hybridized carbons (Fsp3) is 0.562. The molecule has 2 aromatic rings. The molecule has 0 spiro atoms. The molecule has 0 saturated carbocycles. The Kier molecular flexibility index (Phi) is 4.20. The lowest BCUT2D eigenvalue weighted by Crippen LogP contribution is -2.36. The van der Waals surface area contributed by atoms with Crippen LogP contribution in [0.25, 0.3) is 11.6 Å². The Morgan fingerprint density at radius 2 is 2.00 bits per heavy atom. The summed E-state index contributed by atoms with van der Waals surface area (Å²) in [5.41, 5.74) is 0.628. The number of piperidine rings is 1. The van der Waals surface area contributed by atoms with E-state index in [1.165, 1.54) is 12.4 Å². The molecule has 4 rings (SSSR count). The number of amides is 1. The third-order valence-electron chi connectivity index (χ3n) is 4.48. The lowest BCUT2D eigenvalue weighted by Gasteiger charge is -2.26. The number of aromatic nitrogens is 4. The Bertz CT molecular complexity index is 720. The zero-order valence-corrected chi connectivity index (χ0v) is 13.3. The van der Waals surface area contributed by atoms with Gasteiger partial charge in [0.05, 0.1) is 6.61 Å². The molecule has 0 N–H and O–H groups in total. The first-order valence-electron chi connectivity index (χ1n) is 8.35. The van der Waals surface area contributed by atoms with Crippen molar-refractivity contribution in [2.24, 2.45) is 0 Å². The first-order valence-corrected chi connectivity index (χ1v) is 8.35. The van der Waals surface area contributed by atoms with Gasteiger partial charge < -0.3 is 14.2 Å². The minimum atomic E-state index is -0.123. The highest BCUT2D eigenvalue weighted by Crippen LogP contribution is 2.26. The van der Waals surface area contributed by atoms with Crippen molar-refractivity contribution in [2.45, 2.75) is 31.6 Å².